The number of carbonyl (C=O) groups is 3. The van der Waals surface area contributed by atoms with E-state index in [-0.39, 0.29) is 29.0 Å². The molecule has 2 aliphatic carbocycles. The summed E-state index contributed by atoms with van der Waals surface area (Å²) in [5.41, 5.74) is 3.00. The molecule has 5 rings (SSSR count). The molecule has 0 atom stereocenters. The third-order valence-corrected chi connectivity index (χ3v) is 8.82. The van der Waals surface area contributed by atoms with Gasteiger partial charge in [-0.1, -0.05) is 63.0 Å². The highest BCUT2D eigenvalue weighted by Crippen LogP contribution is 2.54. The molecule has 2 aromatic carbocycles. The van der Waals surface area contributed by atoms with Crippen LogP contribution in [0.1, 0.15) is 70.4 Å². The van der Waals surface area contributed by atoms with Crippen molar-refractivity contribution in [2.75, 3.05) is 13.7 Å². The average Bonchev–Trinajstić information content (AvgIpc) is 2.87. The van der Waals surface area contributed by atoms with Gasteiger partial charge in [-0.05, 0) is 53.5 Å². The zero-order valence-electron chi connectivity index (χ0n) is 24.4. The molecule has 2 aromatic rings. The Bertz CT molecular complexity index is 1500. The van der Waals surface area contributed by atoms with Crippen LogP contribution >= 0.6 is 23.2 Å². The SMILES string of the molecule is COc1cc(C2C3=C(CC(C)(C)CC3=O)N(CC(=O)[O-])C3=C2C(=O)CC(C)(C)C3)ccc1OCc1ccc(Cl)cc1Cl. The minimum Gasteiger partial charge on any atom is -0.548 e. The van der Waals surface area contributed by atoms with E-state index in [4.69, 9.17) is 32.7 Å². The topological polar surface area (TPSA) is 96.0 Å². The lowest BCUT2D eigenvalue weighted by Gasteiger charge is -2.49. The minimum atomic E-state index is -1.26. The Morgan fingerprint density at radius 3 is 2.02 bits per heavy atom. The van der Waals surface area contributed by atoms with Crippen LogP contribution in [0.3, 0.4) is 0 Å². The smallest absolute Gasteiger partial charge is 0.162 e. The van der Waals surface area contributed by atoms with E-state index in [2.05, 4.69) is 0 Å². The van der Waals surface area contributed by atoms with E-state index in [1.807, 2.05) is 33.8 Å². The number of aliphatic carboxylic acids is 1. The van der Waals surface area contributed by atoms with E-state index in [1.165, 1.54) is 7.11 Å². The molecule has 0 amide bonds. The van der Waals surface area contributed by atoms with Gasteiger partial charge in [-0.2, -0.15) is 0 Å². The van der Waals surface area contributed by atoms with Crippen molar-refractivity contribution >= 4 is 40.7 Å². The standard InChI is InChI=1S/C33H35Cl2NO6/c1-32(2)12-22-30(24(37)14-32)29(31-23(36(22)16-28(39)40)13-33(3,4)15-25(31)38)18-7-9-26(27(10-18)41-5)42-17-19-6-8-20(34)11-21(19)35/h6-11,29H,12-17H2,1-5H3,(H,39,40)/p-1. The first-order valence-corrected chi connectivity index (χ1v) is 14.7. The number of benzene rings is 2. The normalized spacial score (nSPS) is 19.9. The highest BCUT2D eigenvalue weighted by atomic mass is 35.5. The molecule has 0 saturated heterocycles. The van der Waals surface area contributed by atoms with Gasteiger partial charge < -0.3 is 24.3 Å². The molecule has 1 aliphatic heterocycles. The molecule has 42 heavy (non-hydrogen) atoms. The van der Waals surface area contributed by atoms with Crippen molar-refractivity contribution in [2.45, 2.75) is 65.9 Å². The van der Waals surface area contributed by atoms with Crippen LogP contribution in [0, 0.1) is 10.8 Å². The first-order valence-electron chi connectivity index (χ1n) is 13.9. The Morgan fingerprint density at radius 1 is 0.905 bits per heavy atom. The van der Waals surface area contributed by atoms with Crippen molar-refractivity contribution in [3.63, 3.8) is 0 Å². The predicted molar refractivity (Wildman–Crippen MR) is 158 cm³/mol. The number of carboxylic acid groups (broad SMARTS) is 1. The summed E-state index contributed by atoms with van der Waals surface area (Å²) in [6.07, 6.45) is 1.60. The molecular formula is C33H34Cl2NO6-. The fourth-order valence-electron chi connectivity index (χ4n) is 6.48. The summed E-state index contributed by atoms with van der Waals surface area (Å²) in [4.78, 5) is 41.3. The molecular weight excluding hydrogens is 577 g/mol. The Kier molecular flexibility index (Phi) is 7.96. The molecule has 0 saturated carbocycles. The van der Waals surface area contributed by atoms with Crippen LogP contribution in [0.4, 0.5) is 0 Å². The molecule has 7 nitrogen and oxygen atoms in total. The maximum absolute atomic E-state index is 13.8. The van der Waals surface area contributed by atoms with E-state index in [9.17, 15) is 19.5 Å². The van der Waals surface area contributed by atoms with Crippen LogP contribution in [0.25, 0.3) is 0 Å². The number of methoxy groups -OCH3 is 1. The monoisotopic (exact) mass is 610 g/mol. The molecule has 0 fully saturated rings. The Morgan fingerprint density at radius 2 is 1.50 bits per heavy atom. The van der Waals surface area contributed by atoms with Gasteiger partial charge >= 0.3 is 0 Å². The maximum Gasteiger partial charge on any atom is 0.162 e. The number of Topliss-reactive ketones (excluding diaryl/α,β-unsaturated/α-hetero) is 2. The largest absolute Gasteiger partial charge is 0.548 e. The fourth-order valence-corrected chi connectivity index (χ4v) is 6.94. The van der Waals surface area contributed by atoms with Crippen LogP contribution in [-0.2, 0) is 21.0 Å². The molecule has 1 heterocycles. The molecule has 3 aliphatic rings. The lowest BCUT2D eigenvalue weighted by atomic mass is 9.63. The predicted octanol–water partition coefficient (Wildman–Crippen LogP) is 6.02. The van der Waals surface area contributed by atoms with E-state index < -0.39 is 18.4 Å². The summed E-state index contributed by atoms with van der Waals surface area (Å²) in [5, 5.41) is 13.0. The minimum absolute atomic E-state index is 0.0875. The number of allylic oxidation sites excluding steroid dienone is 4. The number of nitrogens with zero attached hydrogens (tertiary/aromatic N) is 1. The molecule has 0 bridgehead atoms. The van der Waals surface area contributed by atoms with Gasteiger partial charge in [0.15, 0.2) is 23.1 Å². The van der Waals surface area contributed by atoms with E-state index in [0.29, 0.717) is 75.3 Å². The highest BCUT2D eigenvalue weighted by molar-refractivity contribution is 6.35. The van der Waals surface area contributed by atoms with Crippen molar-refractivity contribution in [3.05, 3.63) is 80.1 Å². The number of hydrogen-bond acceptors (Lipinski definition) is 7. The van der Waals surface area contributed by atoms with Gasteiger partial charge in [0.2, 0.25) is 0 Å². The van der Waals surface area contributed by atoms with Crippen molar-refractivity contribution in [1.82, 2.24) is 4.90 Å². The van der Waals surface area contributed by atoms with E-state index in [1.54, 1.807) is 35.2 Å². The highest BCUT2D eigenvalue weighted by Gasteiger charge is 2.49. The van der Waals surface area contributed by atoms with Gasteiger partial charge in [-0.25, -0.2) is 0 Å². The number of carboxylic acids is 1. The lowest BCUT2D eigenvalue weighted by molar-refractivity contribution is -0.305. The molecule has 222 valence electrons. The third kappa shape index (κ3) is 5.82. The summed E-state index contributed by atoms with van der Waals surface area (Å²) < 4.78 is 11.8. The molecule has 0 spiro atoms. The van der Waals surface area contributed by atoms with Crippen LogP contribution < -0.4 is 14.6 Å². The zero-order valence-corrected chi connectivity index (χ0v) is 25.9. The lowest BCUT2D eigenvalue weighted by Crippen LogP contribution is -2.47. The van der Waals surface area contributed by atoms with Crippen LogP contribution in [0.5, 0.6) is 11.5 Å². The summed E-state index contributed by atoms with van der Waals surface area (Å²) >= 11 is 12.3. The van der Waals surface area contributed by atoms with Crippen molar-refractivity contribution in [1.29, 1.82) is 0 Å². The number of hydrogen-bond donors (Lipinski definition) is 0. The number of halogens is 2. The summed E-state index contributed by atoms with van der Waals surface area (Å²) in [5.74, 6) is -1.17. The molecule has 0 radical (unpaired) electrons. The van der Waals surface area contributed by atoms with Crippen molar-refractivity contribution in [3.8, 4) is 11.5 Å². The van der Waals surface area contributed by atoms with Crippen LogP contribution in [0.15, 0.2) is 58.9 Å². The summed E-state index contributed by atoms with van der Waals surface area (Å²) in [7, 11) is 1.53. The third-order valence-electron chi connectivity index (χ3n) is 8.23. The van der Waals surface area contributed by atoms with Gasteiger partial charge in [-0.15, -0.1) is 0 Å². The molecule has 9 heteroatoms. The second-order valence-electron chi connectivity index (χ2n) is 12.9. The summed E-state index contributed by atoms with van der Waals surface area (Å²) in [6.45, 7) is 7.77. The van der Waals surface area contributed by atoms with Crippen molar-refractivity contribution in [2.24, 2.45) is 10.8 Å². The molecule has 0 unspecified atom stereocenters. The molecule has 0 N–H and O–H groups in total. The Labute approximate surface area is 256 Å². The maximum atomic E-state index is 13.8. The summed E-state index contributed by atoms with van der Waals surface area (Å²) in [6, 6.07) is 10.6. The van der Waals surface area contributed by atoms with Crippen LogP contribution in [-0.4, -0.2) is 36.1 Å². The first kappa shape index (κ1) is 30.2. The van der Waals surface area contributed by atoms with Gasteiger partial charge in [0.25, 0.3) is 0 Å². The second kappa shape index (κ2) is 11.1. The average molecular weight is 612 g/mol. The van der Waals surface area contributed by atoms with Crippen LogP contribution in [0.2, 0.25) is 10.0 Å². The zero-order chi connectivity index (χ0) is 30.6. The number of carbonyl (C=O) groups excluding carboxylic acids is 3. The van der Waals surface area contributed by atoms with Gasteiger partial charge in [0, 0.05) is 56.9 Å². The number of rotatable bonds is 7. The second-order valence-corrected chi connectivity index (χ2v) is 13.8. The fraction of sp³-hybridized carbons (Fsp3) is 0.424. The van der Waals surface area contributed by atoms with Gasteiger partial charge in [-0.3, -0.25) is 9.59 Å². The van der Waals surface area contributed by atoms with E-state index >= 15 is 0 Å². The Hall–Kier alpha value is -3.29. The van der Waals surface area contributed by atoms with Gasteiger partial charge in [0.05, 0.1) is 19.6 Å². The number of ether oxygens (including phenoxy) is 2. The quantitative estimate of drug-likeness (QED) is 0.378. The number of ketones is 2. The van der Waals surface area contributed by atoms with E-state index in [0.717, 1.165) is 5.56 Å². The van der Waals surface area contributed by atoms with Crippen molar-refractivity contribution < 1.29 is 29.0 Å². The first-order chi connectivity index (χ1) is 19.7. The molecule has 0 aromatic heterocycles. The Balaban J connectivity index is 1.62. The van der Waals surface area contributed by atoms with Gasteiger partial charge in [0.1, 0.15) is 6.61 Å².